The molecule has 25 heavy (non-hydrogen) atoms. The summed E-state index contributed by atoms with van der Waals surface area (Å²) >= 11 is 0. The Balaban J connectivity index is 2.24. The standard InChI is InChI=1S/C17H19N5O3/c1-3-21(4-2)16-8-7-15(22(24)25)10-14(16)12-19-20-17(23)13-6-5-9-18-11-13/h5-12H,3-4H2,1-2H3,(H,20,23)/b19-12+. The van der Waals surface area contributed by atoms with Crippen LogP contribution in [0.5, 0.6) is 0 Å². The van der Waals surface area contributed by atoms with Gasteiger partial charge >= 0.3 is 0 Å². The first-order chi connectivity index (χ1) is 12.1. The largest absolute Gasteiger partial charge is 0.372 e. The first-order valence-corrected chi connectivity index (χ1v) is 7.83. The highest BCUT2D eigenvalue weighted by atomic mass is 16.6. The minimum Gasteiger partial charge on any atom is -0.372 e. The number of nitrogens with zero attached hydrogens (tertiary/aromatic N) is 4. The molecule has 0 radical (unpaired) electrons. The van der Waals surface area contributed by atoms with Gasteiger partial charge in [-0.1, -0.05) is 0 Å². The molecule has 8 heteroatoms. The summed E-state index contributed by atoms with van der Waals surface area (Å²) in [5.41, 5.74) is 4.12. The third-order valence-electron chi connectivity index (χ3n) is 3.62. The van der Waals surface area contributed by atoms with Crippen molar-refractivity contribution in [2.24, 2.45) is 5.10 Å². The number of hydrogen-bond donors (Lipinski definition) is 1. The molecule has 0 bridgehead atoms. The number of hydrogen-bond acceptors (Lipinski definition) is 6. The zero-order valence-corrected chi connectivity index (χ0v) is 14.0. The topological polar surface area (TPSA) is 101 Å². The van der Waals surface area contributed by atoms with E-state index in [4.69, 9.17) is 0 Å². The molecule has 0 spiro atoms. The highest BCUT2D eigenvalue weighted by Crippen LogP contribution is 2.24. The number of nitro benzene ring substituents is 1. The number of anilines is 1. The molecule has 0 saturated heterocycles. The van der Waals surface area contributed by atoms with E-state index in [-0.39, 0.29) is 5.69 Å². The third-order valence-corrected chi connectivity index (χ3v) is 3.62. The molecule has 0 saturated carbocycles. The highest BCUT2D eigenvalue weighted by Gasteiger charge is 2.13. The number of pyridine rings is 1. The lowest BCUT2D eigenvalue weighted by atomic mass is 10.1. The van der Waals surface area contributed by atoms with Gasteiger partial charge in [-0.05, 0) is 32.0 Å². The van der Waals surface area contributed by atoms with Crippen LogP contribution in [-0.2, 0) is 0 Å². The Morgan fingerprint density at radius 3 is 2.72 bits per heavy atom. The van der Waals surface area contributed by atoms with Gasteiger partial charge in [-0.2, -0.15) is 5.10 Å². The van der Waals surface area contributed by atoms with E-state index in [0.717, 1.165) is 18.8 Å². The first kappa shape index (κ1) is 18.1. The van der Waals surface area contributed by atoms with Crippen LogP contribution in [-0.4, -0.2) is 35.1 Å². The van der Waals surface area contributed by atoms with Crippen molar-refractivity contribution < 1.29 is 9.72 Å². The summed E-state index contributed by atoms with van der Waals surface area (Å²) in [6.45, 7) is 5.49. The fraction of sp³-hybridized carbons (Fsp3) is 0.235. The monoisotopic (exact) mass is 341 g/mol. The van der Waals surface area contributed by atoms with Crippen LogP contribution >= 0.6 is 0 Å². The van der Waals surface area contributed by atoms with Gasteiger partial charge in [0.25, 0.3) is 11.6 Å². The summed E-state index contributed by atoms with van der Waals surface area (Å²) in [7, 11) is 0. The Labute approximate surface area is 145 Å². The summed E-state index contributed by atoms with van der Waals surface area (Å²) in [5, 5.41) is 14.9. The number of hydrazone groups is 1. The Kier molecular flexibility index (Phi) is 6.16. The summed E-state index contributed by atoms with van der Waals surface area (Å²) < 4.78 is 0. The Morgan fingerprint density at radius 1 is 1.36 bits per heavy atom. The van der Waals surface area contributed by atoms with Crippen molar-refractivity contribution in [1.82, 2.24) is 10.4 Å². The molecule has 0 aliphatic heterocycles. The van der Waals surface area contributed by atoms with Gasteiger partial charge < -0.3 is 4.90 Å². The number of carbonyl (C=O) groups is 1. The van der Waals surface area contributed by atoms with E-state index in [2.05, 4.69) is 15.5 Å². The first-order valence-electron chi connectivity index (χ1n) is 7.83. The molecule has 130 valence electrons. The van der Waals surface area contributed by atoms with Crippen molar-refractivity contribution >= 4 is 23.5 Å². The lowest BCUT2D eigenvalue weighted by molar-refractivity contribution is -0.384. The maximum Gasteiger partial charge on any atom is 0.272 e. The van der Waals surface area contributed by atoms with Crippen LogP contribution in [0.3, 0.4) is 0 Å². The molecule has 1 aromatic heterocycles. The smallest absolute Gasteiger partial charge is 0.272 e. The molecule has 0 unspecified atom stereocenters. The van der Waals surface area contributed by atoms with E-state index in [1.165, 1.54) is 24.5 Å². The number of nitro groups is 1. The summed E-state index contributed by atoms with van der Waals surface area (Å²) in [6.07, 6.45) is 4.41. The minimum absolute atomic E-state index is 0.0315. The second-order valence-electron chi connectivity index (χ2n) is 5.11. The molecule has 1 aromatic carbocycles. The molecule has 8 nitrogen and oxygen atoms in total. The Bertz CT molecular complexity index is 773. The lowest BCUT2D eigenvalue weighted by Gasteiger charge is -2.22. The average Bonchev–Trinajstić information content (AvgIpc) is 2.64. The molecule has 2 rings (SSSR count). The number of aromatic nitrogens is 1. The number of nitrogens with one attached hydrogen (secondary N) is 1. The van der Waals surface area contributed by atoms with Crippen LogP contribution in [0.2, 0.25) is 0 Å². The van der Waals surface area contributed by atoms with Gasteiger partial charge in [0.1, 0.15) is 0 Å². The zero-order chi connectivity index (χ0) is 18.2. The number of carbonyl (C=O) groups excluding carboxylic acids is 1. The van der Waals surface area contributed by atoms with Crippen molar-refractivity contribution in [3.8, 4) is 0 Å². The molecule has 0 fully saturated rings. The van der Waals surface area contributed by atoms with E-state index in [0.29, 0.717) is 11.1 Å². The van der Waals surface area contributed by atoms with Crippen molar-refractivity contribution in [3.63, 3.8) is 0 Å². The van der Waals surface area contributed by atoms with Gasteiger partial charge in [0.15, 0.2) is 0 Å². The van der Waals surface area contributed by atoms with Gasteiger partial charge in [-0.3, -0.25) is 19.9 Å². The SMILES string of the molecule is CCN(CC)c1ccc([N+](=O)[O-])cc1/C=N/NC(=O)c1cccnc1. The Morgan fingerprint density at radius 2 is 2.12 bits per heavy atom. The maximum atomic E-state index is 12.0. The molecule has 2 aromatic rings. The van der Waals surface area contributed by atoms with E-state index in [1.54, 1.807) is 24.4 Å². The van der Waals surface area contributed by atoms with Gasteiger partial charge in [-0.25, -0.2) is 5.43 Å². The zero-order valence-electron chi connectivity index (χ0n) is 14.0. The predicted molar refractivity (Wildman–Crippen MR) is 96.0 cm³/mol. The third kappa shape index (κ3) is 4.60. The van der Waals surface area contributed by atoms with Crippen LogP contribution in [0.15, 0.2) is 47.8 Å². The van der Waals surface area contributed by atoms with E-state index in [1.807, 2.05) is 18.7 Å². The highest BCUT2D eigenvalue weighted by molar-refractivity contribution is 5.95. The maximum absolute atomic E-state index is 12.0. The number of rotatable bonds is 7. The fourth-order valence-corrected chi connectivity index (χ4v) is 2.33. The van der Waals surface area contributed by atoms with Crippen LogP contribution in [0, 0.1) is 10.1 Å². The molecule has 0 aliphatic carbocycles. The van der Waals surface area contributed by atoms with Gasteiger partial charge in [0, 0.05) is 48.9 Å². The number of amides is 1. The minimum atomic E-state index is -0.461. The molecular formula is C17H19N5O3. The quantitative estimate of drug-likeness (QED) is 0.474. The van der Waals surface area contributed by atoms with Crippen molar-refractivity contribution in [2.45, 2.75) is 13.8 Å². The summed E-state index contributed by atoms with van der Waals surface area (Å²) in [6, 6.07) is 7.85. The second-order valence-corrected chi connectivity index (χ2v) is 5.11. The van der Waals surface area contributed by atoms with E-state index in [9.17, 15) is 14.9 Å². The average molecular weight is 341 g/mol. The van der Waals surface area contributed by atoms with Crippen LogP contribution < -0.4 is 10.3 Å². The van der Waals surface area contributed by atoms with E-state index >= 15 is 0 Å². The molecule has 0 aliphatic rings. The summed E-state index contributed by atoms with van der Waals surface area (Å²) in [4.78, 5) is 28.4. The van der Waals surface area contributed by atoms with Crippen molar-refractivity contribution in [2.75, 3.05) is 18.0 Å². The van der Waals surface area contributed by atoms with Gasteiger partial charge in [-0.15, -0.1) is 0 Å². The normalized spacial score (nSPS) is 10.6. The van der Waals surface area contributed by atoms with E-state index < -0.39 is 10.8 Å². The second kappa shape index (κ2) is 8.53. The van der Waals surface area contributed by atoms with Crippen molar-refractivity contribution in [3.05, 3.63) is 64.0 Å². The van der Waals surface area contributed by atoms with Gasteiger partial charge in [0.2, 0.25) is 0 Å². The molecule has 1 amide bonds. The Hall–Kier alpha value is -3.29. The fourth-order valence-electron chi connectivity index (χ4n) is 2.33. The van der Waals surface area contributed by atoms with Crippen LogP contribution in [0.4, 0.5) is 11.4 Å². The molecule has 0 atom stereocenters. The number of non-ortho nitro benzene ring substituents is 1. The molecule has 1 heterocycles. The molecule has 1 N–H and O–H groups in total. The van der Waals surface area contributed by atoms with Gasteiger partial charge in [0.05, 0.1) is 16.7 Å². The summed E-state index contributed by atoms with van der Waals surface area (Å²) in [5.74, 6) is -0.404. The van der Waals surface area contributed by atoms with Crippen LogP contribution in [0.1, 0.15) is 29.8 Å². The lowest BCUT2D eigenvalue weighted by Crippen LogP contribution is -2.23. The molecular weight excluding hydrogens is 322 g/mol. The van der Waals surface area contributed by atoms with Crippen molar-refractivity contribution in [1.29, 1.82) is 0 Å². The predicted octanol–water partition coefficient (Wildman–Crippen LogP) is 2.60. The number of benzene rings is 1. The van der Waals surface area contributed by atoms with Crippen LogP contribution in [0.25, 0.3) is 0 Å².